The van der Waals surface area contributed by atoms with Gasteiger partial charge in [0.1, 0.15) is 7.85 Å². The summed E-state index contributed by atoms with van der Waals surface area (Å²) in [5, 5.41) is 2.90. The lowest BCUT2D eigenvalue weighted by Crippen LogP contribution is -2.30. The number of ether oxygens (including phenoxy) is 2. The highest BCUT2D eigenvalue weighted by atomic mass is 32.1. The van der Waals surface area contributed by atoms with E-state index in [9.17, 15) is 9.59 Å². The molecular weight excluding hydrogens is 299 g/mol. The lowest BCUT2D eigenvalue weighted by molar-refractivity contribution is -0.161. The standard InChI is InChI=1S/C16H17BO4S/c1-3-20-15(18)13(16(19)21-4-2)7-10-9-22-14-6-5-11(17)8-12(10)14/h5-6,8-9,13H,3-4,7H2,1-2H3. The predicted molar refractivity (Wildman–Crippen MR) is 87.7 cm³/mol. The van der Waals surface area contributed by atoms with Crippen LogP contribution in [-0.4, -0.2) is 33.0 Å². The van der Waals surface area contributed by atoms with E-state index >= 15 is 0 Å². The van der Waals surface area contributed by atoms with Gasteiger partial charge < -0.3 is 9.47 Å². The molecule has 0 unspecified atom stereocenters. The molecule has 1 aromatic carbocycles. The SMILES string of the molecule is [B]c1ccc2scc(CC(C(=O)OCC)C(=O)OCC)c2c1. The molecule has 4 nitrogen and oxygen atoms in total. The number of hydrogen-bond acceptors (Lipinski definition) is 5. The van der Waals surface area contributed by atoms with E-state index < -0.39 is 17.9 Å². The molecule has 1 aromatic heterocycles. The second-order valence-electron chi connectivity index (χ2n) is 4.78. The molecule has 0 aliphatic rings. The van der Waals surface area contributed by atoms with Crippen LogP contribution in [0.5, 0.6) is 0 Å². The maximum atomic E-state index is 12.0. The molecule has 2 radical (unpaired) electrons. The number of fused-ring (bicyclic) bond motifs is 1. The van der Waals surface area contributed by atoms with Crippen LogP contribution in [0.25, 0.3) is 10.1 Å². The van der Waals surface area contributed by atoms with Crippen molar-refractivity contribution in [1.82, 2.24) is 0 Å². The van der Waals surface area contributed by atoms with Gasteiger partial charge in [-0.2, -0.15) is 0 Å². The van der Waals surface area contributed by atoms with Crippen LogP contribution in [0, 0.1) is 5.92 Å². The quantitative estimate of drug-likeness (QED) is 0.464. The summed E-state index contributed by atoms with van der Waals surface area (Å²) in [6.45, 7) is 3.87. The molecule has 22 heavy (non-hydrogen) atoms. The zero-order valence-corrected chi connectivity index (χ0v) is 13.4. The van der Waals surface area contributed by atoms with Crippen molar-refractivity contribution in [3.05, 3.63) is 29.1 Å². The highest BCUT2D eigenvalue weighted by Crippen LogP contribution is 2.27. The molecule has 114 valence electrons. The van der Waals surface area contributed by atoms with Crippen molar-refractivity contribution in [3.63, 3.8) is 0 Å². The van der Waals surface area contributed by atoms with Crippen LogP contribution in [0.2, 0.25) is 0 Å². The molecule has 6 heteroatoms. The molecule has 0 fully saturated rings. The fraction of sp³-hybridized carbons (Fsp3) is 0.375. The Morgan fingerprint density at radius 1 is 1.18 bits per heavy atom. The maximum Gasteiger partial charge on any atom is 0.320 e. The Hall–Kier alpha value is -1.82. The Morgan fingerprint density at radius 3 is 2.41 bits per heavy atom. The number of hydrogen-bond donors (Lipinski definition) is 0. The number of benzene rings is 1. The number of rotatable bonds is 6. The van der Waals surface area contributed by atoms with Crippen molar-refractivity contribution in [2.45, 2.75) is 20.3 Å². The molecule has 0 amide bonds. The van der Waals surface area contributed by atoms with Crippen LogP contribution in [0.1, 0.15) is 19.4 Å². The first-order chi connectivity index (χ1) is 10.6. The van der Waals surface area contributed by atoms with E-state index in [0.29, 0.717) is 5.46 Å². The monoisotopic (exact) mass is 316 g/mol. The summed E-state index contributed by atoms with van der Waals surface area (Å²) in [5.41, 5.74) is 1.55. The minimum absolute atomic E-state index is 0.228. The smallest absolute Gasteiger partial charge is 0.320 e. The average molecular weight is 316 g/mol. The largest absolute Gasteiger partial charge is 0.465 e. The number of esters is 2. The van der Waals surface area contributed by atoms with Crippen molar-refractivity contribution in [3.8, 4) is 0 Å². The maximum absolute atomic E-state index is 12.0. The van der Waals surface area contributed by atoms with Crippen LogP contribution in [0.4, 0.5) is 0 Å². The normalized spacial score (nSPS) is 10.9. The second-order valence-corrected chi connectivity index (χ2v) is 5.69. The molecule has 0 atom stereocenters. The predicted octanol–water partition coefficient (Wildman–Crippen LogP) is 1.98. The Labute approximate surface area is 134 Å². The summed E-state index contributed by atoms with van der Waals surface area (Å²) < 4.78 is 11.1. The topological polar surface area (TPSA) is 52.6 Å². The molecule has 0 bridgehead atoms. The van der Waals surface area contributed by atoms with Crippen molar-refractivity contribution in [1.29, 1.82) is 0 Å². The fourth-order valence-electron chi connectivity index (χ4n) is 2.23. The van der Waals surface area contributed by atoms with Gasteiger partial charge in [0.2, 0.25) is 0 Å². The summed E-state index contributed by atoms with van der Waals surface area (Å²) in [7, 11) is 5.82. The van der Waals surface area contributed by atoms with E-state index in [1.54, 1.807) is 25.2 Å². The van der Waals surface area contributed by atoms with Crippen LogP contribution in [0.15, 0.2) is 23.6 Å². The first-order valence-electron chi connectivity index (χ1n) is 7.15. The van der Waals surface area contributed by atoms with E-state index in [1.165, 1.54) is 0 Å². The van der Waals surface area contributed by atoms with Gasteiger partial charge >= 0.3 is 11.9 Å². The molecule has 0 saturated carbocycles. The Bertz CT molecular complexity index is 662. The molecule has 0 aliphatic heterocycles. The van der Waals surface area contributed by atoms with Crippen molar-refractivity contribution in [2.24, 2.45) is 5.92 Å². The van der Waals surface area contributed by atoms with E-state index in [2.05, 4.69) is 0 Å². The van der Waals surface area contributed by atoms with E-state index in [1.807, 2.05) is 23.6 Å². The van der Waals surface area contributed by atoms with E-state index in [4.69, 9.17) is 17.3 Å². The van der Waals surface area contributed by atoms with Gasteiger partial charge in [0.25, 0.3) is 0 Å². The van der Waals surface area contributed by atoms with Crippen molar-refractivity contribution >= 4 is 46.7 Å². The van der Waals surface area contributed by atoms with Gasteiger partial charge in [0, 0.05) is 4.70 Å². The van der Waals surface area contributed by atoms with E-state index in [-0.39, 0.29) is 19.6 Å². The highest BCUT2D eigenvalue weighted by molar-refractivity contribution is 7.17. The Balaban J connectivity index is 2.30. The minimum atomic E-state index is -0.945. The van der Waals surface area contributed by atoms with Crippen LogP contribution < -0.4 is 5.46 Å². The molecule has 0 spiro atoms. The minimum Gasteiger partial charge on any atom is -0.465 e. The zero-order chi connectivity index (χ0) is 16.1. The van der Waals surface area contributed by atoms with Gasteiger partial charge in [-0.3, -0.25) is 9.59 Å². The second kappa shape index (κ2) is 7.45. The third-order valence-corrected chi connectivity index (χ3v) is 4.26. The fourth-order valence-corrected chi connectivity index (χ4v) is 3.18. The number of thiophene rings is 1. The summed E-state index contributed by atoms with van der Waals surface area (Å²) in [6.07, 6.45) is 0.251. The van der Waals surface area contributed by atoms with Gasteiger partial charge in [-0.25, -0.2) is 0 Å². The molecule has 0 aliphatic carbocycles. The summed E-state index contributed by atoms with van der Waals surface area (Å²) >= 11 is 1.55. The van der Waals surface area contributed by atoms with Crippen molar-refractivity contribution < 1.29 is 19.1 Å². The molecule has 0 saturated heterocycles. The van der Waals surface area contributed by atoms with Gasteiger partial charge in [0.05, 0.1) is 13.2 Å². The summed E-state index contributed by atoms with van der Waals surface area (Å²) in [5.74, 6) is -2.05. The summed E-state index contributed by atoms with van der Waals surface area (Å²) in [4.78, 5) is 24.1. The van der Waals surface area contributed by atoms with Crippen LogP contribution in [0.3, 0.4) is 0 Å². The van der Waals surface area contributed by atoms with Crippen LogP contribution in [-0.2, 0) is 25.5 Å². The lowest BCUT2D eigenvalue weighted by atomic mass is 9.92. The third kappa shape index (κ3) is 3.68. The molecule has 2 rings (SSSR count). The number of carbonyl (C=O) groups excluding carboxylic acids is 2. The van der Waals surface area contributed by atoms with E-state index in [0.717, 1.165) is 15.6 Å². The Kier molecular flexibility index (Phi) is 5.60. The van der Waals surface area contributed by atoms with Crippen molar-refractivity contribution in [2.75, 3.05) is 13.2 Å². The third-order valence-electron chi connectivity index (χ3n) is 3.24. The molecular formula is C16H17BO4S. The molecule has 0 N–H and O–H groups in total. The molecule has 2 aromatic rings. The van der Waals surface area contributed by atoms with Gasteiger partial charge in [0.15, 0.2) is 5.92 Å². The lowest BCUT2D eigenvalue weighted by Gasteiger charge is -2.14. The van der Waals surface area contributed by atoms with Crippen LogP contribution >= 0.6 is 11.3 Å². The first-order valence-corrected chi connectivity index (χ1v) is 8.03. The zero-order valence-electron chi connectivity index (χ0n) is 12.6. The average Bonchev–Trinajstić information content (AvgIpc) is 2.87. The first kappa shape index (κ1) is 16.6. The summed E-state index contributed by atoms with van der Waals surface area (Å²) in [6, 6.07) is 5.62. The van der Waals surface area contributed by atoms with Gasteiger partial charge in [-0.1, -0.05) is 17.6 Å². The van der Waals surface area contributed by atoms with Gasteiger partial charge in [-0.15, -0.1) is 11.3 Å². The Morgan fingerprint density at radius 2 is 1.82 bits per heavy atom. The van der Waals surface area contributed by atoms with Gasteiger partial charge in [-0.05, 0) is 42.7 Å². The number of carbonyl (C=O) groups is 2. The highest BCUT2D eigenvalue weighted by Gasteiger charge is 2.30. The molecule has 1 heterocycles.